The van der Waals surface area contributed by atoms with Crippen molar-refractivity contribution in [2.45, 2.75) is 13.1 Å². The number of ether oxygens (including phenoxy) is 1. The van der Waals surface area contributed by atoms with Crippen molar-refractivity contribution in [3.63, 3.8) is 0 Å². The molecule has 1 aromatic rings. The number of carboxylic acid groups (broad SMARTS) is 1. The Balaban J connectivity index is 2.92. The third-order valence-corrected chi connectivity index (χ3v) is 2.28. The summed E-state index contributed by atoms with van der Waals surface area (Å²) in [7, 11) is 0. The number of halogens is 3. The average Bonchev–Trinajstić information content (AvgIpc) is 2.36. The number of aromatic nitrogens is 1. The zero-order chi connectivity index (χ0) is 16.0. The molecule has 0 fully saturated rings. The Morgan fingerprint density at radius 1 is 1.38 bits per heavy atom. The first-order chi connectivity index (χ1) is 9.73. The maximum absolute atomic E-state index is 12.4. The largest absolute Gasteiger partial charge is 0.480 e. The molecule has 6 nitrogen and oxygen atoms in total. The van der Waals surface area contributed by atoms with E-state index in [1.807, 2.05) is 0 Å². The third kappa shape index (κ3) is 5.67. The highest BCUT2D eigenvalue weighted by molar-refractivity contribution is 5.89. The molecule has 1 aromatic heterocycles. The number of hydrogen-bond acceptors (Lipinski definition) is 5. The third-order valence-electron chi connectivity index (χ3n) is 2.28. The summed E-state index contributed by atoms with van der Waals surface area (Å²) >= 11 is 0. The molecule has 1 heterocycles. The van der Waals surface area contributed by atoms with Gasteiger partial charge in [0.2, 0.25) is 0 Å². The van der Waals surface area contributed by atoms with Crippen LogP contribution in [0, 0.1) is 0 Å². The van der Waals surface area contributed by atoms with E-state index < -0.39 is 31.2 Å². The Kier molecular flexibility index (Phi) is 5.51. The van der Waals surface area contributed by atoms with E-state index >= 15 is 0 Å². The maximum atomic E-state index is 12.4. The summed E-state index contributed by atoms with van der Waals surface area (Å²) in [6, 6.07) is 2.37. The molecule has 1 rings (SSSR count). The van der Waals surface area contributed by atoms with Crippen molar-refractivity contribution in [2.75, 3.05) is 24.6 Å². The smallest absolute Gasteiger partial charge is 0.405 e. The van der Waals surface area contributed by atoms with Gasteiger partial charge in [-0.25, -0.2) is 9.78 Å². The minimum atomic E-state index is -4.57. The molecule has 0 aromatic carbocycles. The molecule has 0 spiro atoms. The Labute approximate surface area is 118 Å². The normalized spacial score (nSPS) is 11.0. The van der Waals surface area contributed by atoms with Crippen LogP contribution in [-0.4, -0.2) is 47.9 Å². The monoisotopic (exact) mass is 306 g/mol. The van der Waals surface area contributed by atoms with Crippen molar-refractivity contribution in [1.82, 2.24) is 4.98 Å². The van der Waals surface area contributed by atoms with E-state index in [2.05, 4.69) is 4.98 Å². The van der Waals surface area contributed by atoms with Crippen LogP contribution in [0.3, 0.4) is 0 Å². The fourth-order valence-electron chi connectivity index (χ4n) is 1.51. The predicted molar refractivity (Wildman–Crippen MR) is 66.1 cm³/mol. The van der Waals surface area contributed by atoms with Crippen LogP contribution in [0.2, 0.25) is 0 Å². The number of esters is 1. The lowest BCUT2D eigenvalue weighted by atomic mass is 10.3. The quantitative estimate of drug-likeness (QED) is 0.806. The van der Waals surface area contributed by atoms with Crippen molar-refractivity contribution in [3.8, 4) is 0 Å². The molecule has 0 unspecified atom stereocenters. The van der Waals surface area contributed by atoms with Crippen LogP contribution < -0.4 is 4.90 Å². The van der Waals surface area contributed by atoms with Gasteiger partial charge >= 0.3 is 18.1 Å². The van der Waals surface area contributed by atoms with Gasteiger partial charge in [-0.3, -0.25) is 4.79 Å². The van der Waals surface area contributed by atoms with E-state index in [1.54, 1.807) is 6.92 Å². The molecule has 0 saturated heterocycles. The Morgan fingerprint density at radius 3 is 2.48 bits per heavy atom. The zero-order valence-electron chi connectivity index (χ0n) is 11.1. The van der Waals surface area contributed by atoms with Crippen LogP contribution in [-0.2, 0) is 9.53 Å². The lowest BCUT2D eigenvalue weighted by Gasteiger charge is -2.23. The molecule has 0 saturated carbocycles. The number of anilines is 1. The molecule has 0 radical (unpaired) electrons. The topological polar surface area (TPSA) is 79.7 Å². The van der Waals surface area contributed by atoms with Crippen LogP contribution in [0.15, 0.2) is 18.3 Å². The maximum Gasteiger partial charge on any atom is 0.405 e. The van der Waals surface area contributed by atoms with Gasteiger partial charge in [0.05, 0.1) is 12.2 Å². The molecule has 0 aliphatic rings. The molecule has 0 aliphatic heterocycles. The van der Waals surface area contributed by atoms with Gasteiger partial charge in [-0.1, -0.05) is 0 Å². The summed E-state index contributed by atoms with van der Waals surface area (Å²) in [5.41, 5.74) is 0.0721. The zero-order valence-corrected chi connectivity index (χ0v) is 11.1. The summed E-state index contributed by atoms with van der Waals surface area (Å²) in [6.07, 6.45) is -3.53. The van der Waals surface area contributed by atoms with Gasteiger partial charge in [-0.15, -0.1) is 0 Å². The molecule has 0 atom stereocenters. The van der Waals surface area contributed by atoms with E-state index in [0.717, 1.165) is 12.3 Å². The molecular weight excluding hydrogens is 293 g/mol. The van der Waals surface area contributed by atoms with Gasteiger partial charge in [0.25, 0.3) is 0 Å². The van der Waals surface area contributed by atoms with E-state index in [1.165, 1.54) is 6.07 Å². The standard InChI is InChI=1S/C12H13F3N2O4/c1-2-21-11(20)8-3-4-9(16-5-8)17(6-10(18)19)7-12(13,14)15/h3-5H,2,6-7H2,1H3,(H,18,19). The van der Waals surface area contributed by atoms with Crippen LogP contribution in [0.25, 0.3) is 0 Å². The second-order valence-corrected chi connectivity index (χ2v) is 3.99. The highest BCUT2D eigenvalue weighted by Crippen LogP contribution is 2.20. The summed E-state index contributed by atoms with van der Waals surface area (Å²) in [6.45, 7) is -0.548. The van der Waals surface area contributed by atoms with Crippen molar-refractivity contribution in [3.05, 3.63) is 23.9 Å². The van der Waals surface area contributed by atoms with Crippen LogP contribution in [0.5, 0.6) is 0 Å². The number of pyridine rings is 1. The fourth-order valence-corrected chi connectivity index (χ4v) is 1.51. The van der Waals surface area contributed by atoms with Crippen LogP contribution in [0.4, 0.5) is 19.0 Å². The van der Waals surface area contributed by atoms with Gasteiger partial charge < -0.3 is 14.7 Å². The number of rotatable bonds is 6. The SMILES string of the molecule is CCOC(=O)c1ccc(N(CC(=O)O)CC(F)(F)F)nc1. The Bertz CT molecular complexity index is 502. The van der Waals surface area contributed by atoms with Crippen molar-refractivity contribution >= 4 is 17.8 Å². The van der Waals surface area contributed by atoms with Gasteiger partial charge in [0.15, 0.2) is 0 Å². The van der Waals surface area contributed by atoms with E-state index in [-0.39, 0.29) is 18.0 Å². The lowest BCUT2D eigenvalue weighted by molar-refractivity contribution is -0.136. The Morgan fingerprint density at radius 2 is 2.05 bits per heavy atom. The number of hydrogen-bond donors (Lipinski definition) is 1. The predicted octanol–water partition coefficient (Wildman–Crippen LogP) is 1.71. The summed E-state index contributed by atoms with van der Waals surface area (Å²) in [5.74, 6) is -2.27. The molecule has 0 aliphatic carbocycles. The number of carbonyl (C=O) groups excluding carboxylic acids is 1. The second kappa shape index (κ2) is 6.91. The number of carboxylic acids is 1. The first-order valence-corrected chi connectivity index (χ1v) is 5.89. The fraction of sp³-hybridized carbons (Fsp3) is 0.417. The molecule has 9 heteroatoms. The van der Waals surface area contributed by atoms with Crippen LogP contribution in [0.1, 0.15) is 17.3 Å². The van der Waals surface area contributed by atoms with E-state index in [4.69, 9.17) is 9.84 Å². The minimum absolute atomic E-state index is 0.0721. The molecule has 0 bridgehead atoms. The highest BCUT2D eigenvalue weighted by atomic mass is 19.4. The summed E-state index contributed by atoms with van der Waals surface area (Å²) < 4.78 is 41.9. The second-order valence-electron chi connectivity index (χ2n) is 3.99. The first-order valence-electron chi connectivity index (χ1n) is 5.89. The minimum Gasteiger partial charge on any atom is -0.480 e. The lowest BCUT2D eigenvalue weighted by Crippen LogP contribution is -2.38. The summed E-state index contributed by atoms with van der Waals surface area (Å²) in [5, 5.41) is 8.64. The molecule has 0 amide bonds. The number of nitrogens with zero attached hydrogens (tertiary/aromatic N) is 2. The van der Waals surface area contributed by atoms with Gasteiger partial charge in [0, 0.05) is 6.20 Å². The number of carbonyl (C=O) groups is 2. The van der Waals surface area contributed by atoms with Crippen molar-refractivity contribution in [2.24, 2.45) is 0 Å². The number of aliphatic carboxylic acids is 1. The molecular formula is C12H13F3N2O4. The Hall–Kier alpha value is -2.32. The van der Waals surface area contributed by atoms with Crippen LogP contribution >= 0.6 is 0 Å². The van der Waals surface area contributed by atoms with Gasteiger partial charge in [-0.05, 0) is 19.1 Å². The van der Waals surface area contributed by atoms with Gasteiger partial charge in [0.1, 0.15) is 18.9 Å². The van der Waals surface area contributed by atoms with E-state index in [9.17, 15) is 22.8 Å². The average molecular weight is 306 g/mol. The van der Waals surface area contributed by atoms with E-state index in [0.29, 0.717) is 4.90 Å². The summed E-state index contributed by atoms with van der Waals surface area (Å²) in [4.78, 5) is 26.2. The van der Waals surface area contributed by atoms with Gasteiger partial charge in [-0.2, -0.15) is 13.2 Å². The molecule has 21 heavy (non-hydrogen) atoms. The first kappa shape index (κ1) is 16.7. The highest BCUT2D eigenvalue weighted by Gasteiger charge is 2.32. The van der Waals surface area contributed by atoms with Crippen molar-refractivity contribution in [1.29, 1.82) is 0 Å². The number of alkyl halides is 3. The molecule has 116 valence electrons. The van der Waals surface area contributed by atoms with Crippen molar-refractivity contribution < 1.29 is 32.6 Å². The molecule has 1 N–H and O–H groups in total.